The first-order valence-corrected chi connectivity index (χ1v) is 7.61. The van der Waals surface area contributed by atoms with Gasteiger partial charge in [0, 0.05) is 12.6 Å². The molecule has 21 heavy (non-hydrogen) atoms. The fraction of sp³-hybridized carbons (Fsp3) is 0.500. The van der Waals surface area contributed by atoms with E-state index in [1.54, 1.807) is 6.33 Å². The zero-order valence-electron chi connectivity index (χ0n) is 12.7. The molecule has 5 heteroatoms. The summed E-state index contributed by atoms with van der Waals surface area (Å²) in [6, 6.07) is 6.87. The summed E-state index contributed by atoms with van der Waals surface area (Å²) < 4.78 is 7.79. The van der Waals surface area contributed by atoms with E-state index in [4.69, 9.17) is 4.74 Å². The lowest BCUT2D eigenvalue weighted by Gasteiger charge is -2.11. The lowest BCUT2D eigenvalue weighted by molar-refractivity contribution is 0.286. The van der Waals surface area contributed by atoms with Crippen molar-refractivity contribution >= 4 is 0 Å². The predicted molar refractivity (Wildman–Crippen MR) is 81.2 cm³/mol. The van der Waals surface area contributed by atoms with Gasteiger partial charge in [-0.1, -0.05) is 13.0 Å². The second-order valence-corrected chi connectivity index (χ2v) is 5.43. The zero-order chi connectivity index (χ0) is 14.7. The summed E-state index contributed by atoms with van der Waals surface area (Å²) in [5.41, 5.74) is 2.79. The maximum atomic E-state index is 5.89. The molecule has 3 rings (SSSR count). The number of nitrogens with one attached hydrogen (secondary N) is 1. The minimum atomic E-state index is 0.467. The van der Waals surface area contributed by atoms with Crippen molar-refractivity contribution in [3.63, 3.8) is 0 Å². The fourth-order valence-electron chi connectivity index (χ4n) is 2.93. The Balaban J connectivity index is 1.67. The minimum absolute atomic E-state index is 0.467. The number of benzene rings is 1. The summed E-state index contributed by atoms with van der Waals surface area (Å²) >= 11 is 0. The van der Waals surface area contributed by atoms with Gasteiger partial charge in [0.15, 0.2) is 5.82 Å². The van der Waals surface area contributed by atoms with Crippen LogP contribution < -0.4 is 10.1 Å². The molecule has 0 radical (unpaired) electrons. The Kier molecular flexibility index (Phi) is 4.20. The third-order valence-electron chi connectivity index (χ3n) is 4.04. The molecular weight excluding hydrogens is 264 g/mol. The number of aryl methyl sites for hydroxylation is 2. The van der Waals surface area contributed by atoms with Crippen molar-refractivity contribution in [2.75, 3.05) is 7.05 Å². The molecule has 1 aliphatic rings. The third kappa shape index (κ3) is 2.93. The average molecular weight is 286 g/mol. The molecule has 1 atom stereocenters. The molecule has 2 aromatic rings. The lowest BCUT2D eigenvalue weighted by atomic mass is 10.1. The van der Waals surface area contributed by atoms with E-state index in [2.05, 4.69) is 40.5 Å². The van der Waals surface area contributed by atoms with Crippen molar-refractivity contribution in [1.29, 1.82) is 0 Å². The highest BCUT2D eigenvalue weighted by atomic mass is 16.5. The molecular formula is C16H22N4O. The Morgan fingerprint density at radius 2 is 2.33 bits per heavy atom. The summed E-state index contributed by atoms with van der Waals surface area (Å²) in [6.45, 7) is 3.48. The Morgan fingerprint density at radius 3 is 3.14 bits per heavy atom. The molecule has 1 heterocycles. The van der Waals surface area contributed by atoms with Crippen molar-refractivity contribution in [3.8, 4) is 5.75 Å². The molecule has 1 N–H and O–H groups in total. The van der Waals surface area contributed by atoms with Crippen LogP contribution in [0.5, 0.6) is 5.75 Å². The van der Waals surface area contributed by atoms with Crippen LogP contribution in [0.1, 0.15) is 42.8 Å². The van der Waals surface area contributed by atoms with Crippen LogP contribution in [0.15, 0.2) is 24.5 Å². The van der Waals surface area contributed by atoms with Crippen LogP contribution >= 0.6 is 0 Å². The summed E-state index contributed by atoms with van der Waals surface area (Å²) in [4.78, 5) is 4.26. The molecule has 1 aliphatic carbocycles. The largest absolute Gasteiger partial charge is 0.486 e. The van der Waals surface area contributed by atoms with Crippen LogP contribution in [0.2, 0.25) is 0 Å². The van der Waals surface area contributed by atoms with Gasteiger partial charge in [0.1, 0.15) is 18.7 Å². The molecule has 112 valence electrons. The smallest absolute Gasteiger partial charge is 0.164 e. The molecule has 0 fully saturated rings. The van der Waals surface area contributed by atoms with Gasteiger partial charge in [-0.25, -0.2) is 9.67 Å². The summed E-state index contributed by atoms with van der Waals surface area (Å²) in [6.07, 6.45) is 4.92. The van der Waals surface area contributed by atoms with Crippen LogP contribution in [0.4, 0.5) is 0 Å². The number of fused-ring (bicyclic) bond motifs is 1. The molecule has 1 aromatic carbocycles. The van der Waals surface area contributed by atoms with E-state index in [1.165, 1.54) is 17.5 Å². The molecule has 0 amide bonds. The molecule has 5 nitrogen and oxygen atoms in total. The van der Waals surface area contributed by atoms with E-state index < -0.39 is 0 Å². The molecule has 0 saturated carbocycles. The van der Waals surface area contributed by atoms with E-state index in [1.807, 2.05) is 11.7 Å². The number of ether oxygens (including phenoxy) is 1. The molecule has 1 unspecified atom stereocenters. The monoisotopic (exact) mass is 286 g/mol. The first kappa shape index (κ1) is 14.1. The van der Waals surface area contributed by atoms with Gasteiger partial charge in [-0.2, -0.15) is 5.10 Å². The summed E-state index contributed by atoms with van der Waals surface area (Å²) in [5.74, 6) is 1.79. The number of hydrogen-bond donors (Lipinski definition) is 1. The summed E-state index contributed by atoms with van der Waals surface area (Å²) in [5, 5.41) is 7.57. The maximum absolute atomic E-state index is 5.89. The normalized spacial score (nSPS) is 17.0. The molecule has 1 aromatic heterocycles. The van der Waals surface area contributed by atoms with Crippen LogP contribution in [0.25, 0.3) is 0 Å². The maximum Gasteiger partial charge on any atom is 0.164 e. The highest BCUT2D eigenvalue weighted by Crippen LogP contribution is 2.33. The van der Waals surface area contributed by atoms with Crippen molar-refractivity contribution in [3.05, 3.63) is 41.5 Å². The van der Waals surface area contributed by atoms with Crippen molar-refractivity contribution in [2.24, 2.45) is 0 Å². The van der Waals surface area contributed by atoms with Gasteiger partial charge in [-0.3, -0.25) is 0 Å². The fourth-order valence-corrected chi connectivity index (χ4v) is 2.93. The molecule has 0 aliphatic heterocycles. The molecule has 0 saturated heterocycles. The topological polar surface area (TPSA) is 52.0 Å². The third-order valence-corrected chi connectivity index (χ3v) is 4.04. The van der Waals surface area contributed by atoms with Gasteiger partial charge in [0.05, 0.1) is 0 Å². The molecule has 0 spiro atoms. The SMILES string of the molecule is CCCn1ncnc1COc1ccc2c(c1)CCC2NC. The van der Waals surface area contributed by atoms with Gasteiger partial charge in [-0.15, -0.1) is 0 Å². The van der Waals surface area contributed by atoms with E-state index in [9.17, 15) is 0 Å². The Morgan fingerprint density at radius 1 is 1.43 bits per heavy atom. The van der Waals surface area contributed by atoms with Gasteiger partial charge >= 0.3 is 0 Å². The van der Waals surface area contributed by atoms with Crippen LogP contribution in [0.3, 0.4) is 0 Å². The van der Waals surface area contributed by atoms with Crippen molar-refractivity contribution in [1.82, 2.24) is 20.1 Å². The van der Waals surface area contributed by atoms with Crippen LogP contribution in [0, 0.1) is 0 Å². The van der Waals surface area contributed by atoms with Crippen LogP contribution in [-0.2, 0) is 19.6 Å². The minimum Gasteiger partial charge on any atom is -0.486 e. The highest BCUT2D eigenvalue weighted by Gasteiger charge is 2.21. The van der Waals surface area contributed by atoms with Gasteiger partial charge in [0.25, 0.3) is 0 Å². The van der Waals surface area contributed by atoms with Crippen molar-refractivity contribution < 1.29 is 4.74 Å². The standard InChI is InChI=1S/C16H22N4O/c1-3-8-20-16(18-11-19-20)10-21-13-5-6-14-12(9-13)4-7-15(14)17-2/h5-6,9,11,15,17H,3-4,7-8,10H2,1-2H3. The summed E-state index contributed by atoms with van der Waals surface area (Å²) in [7, 11) is 2.02. The number of aromatic nitrogens is 3. The van der Waals surface area contributed by atoms with E-state index >= 15 is 0 Å². The van der Waals surface area contributed by atoms with Crippen LogP contribution in [-0.4, -0.2) is 21.8 Å². The number of nitrogens with zero attached hydrogens (tertiary/aromatic N) is 3. The number of hydrogen-bond acceptors (Lipinski definition) is 4. The first-order valence-electron chi connectivity index (χ1n) is 7.61. The second kappa shape index (κ2) is 6.26. The Bertz CT molecular complexity index is 608. The van der Waals surface area contributed by atoms with Gasteiger partial charge in [0.2, 0.25) is 0 Å². The first-order chi connectivity index (χ1) is 10.3. The van der Waals surface area contributed by atoms with Gasteiger partial charge < -0.3 is 10.1 Å². The van der Waals surface area contributed by atoms with Crippen molar-refractivity contribution in [2.45, 2.75) is 45.4 Å². The Hall–Kier alpha value is -1.88. The Labute approximate surface area is 125 Å². The number of rotatable bonds is 6. The predicted octanol–water partition coefficient (Wildman–Crippen LogP) is 2.47. The second-order valence-electron chi connectivity index (χ2n) is 5.43. The van der Waals surface area contributed by atoms with Gasteiger partial charge in [-0.05, 0) is 49.6 Å². The van der Waals surface area contributed by atoms with E-state index in [-0.39, 0.29) is 0 Å². The molecule has 0 bridgehead atoms. The quantitative estimate of drug-likeness (QED) is 0.886. The highest BCUT2D eigenvalue weighted by molar-refractivity contribution is 5.40. The zero-order valence-corrected chi connectivity index (χ0v) is 12.7. The average Bonchev–Trinajstić information content (AvgIpc) is 3.11. The van der Waals surface area contributed by atoms with E-state index in [0.717, 1.165) is 31.0 Å². The lowest BCUT2D eigenvalue weighted by Crippen LogP contribution is -2.12. The van der Waals surface area contributed by atoms with E-state index in [0.29, 0.717) is 12.6 Å².